The van der Waals surface area contributed by atoms with E-state index in [4.69, 9.17) is 0 Å². The van der Waals surface area contributed by atoms with Crippen molar-refractivity contribution in [1.29, 1.82) is 0 Å². The van der Waals surface area contributed by atoms with Gasteiger partial charge in [0.15, 0.2) is 0 Å². The Balaban J connectivity index is 1.48. The Morgan fingerprint density at radius 3 is 2.50 bits per heavy atom. The minimum atomic E-state index is -0.469. The van der Waals surface area contributed by atoms with E-state index in [1.165, 1.54) is 6.07 Å². The quantitative estimate of drug-likeness (QED) is 0.812. The highest BCUT2D eigenvalue weighted by Gasteiger charge is 2.20. The first kappa shape index (κ1) is 16.9. The molecule has 126 valence electrons. The SMILES string of the molecule is O=C(CN1CCN(c2cccc(F)n2)CC1)Nc1ccc(Br)cc1. The number of nitrogens with zero attached hydrogens (tertiary/aromatic N) is 3. The maximum Gasteiger partial charge on any atom is 0.238 e. The van der Waals surface area contributed by atoms with Gasteiger partial charge in [-0.25, -0.2) is 4.98 Å². The predicted molar refractivity (Wildman–Crippen MR) is 95.6 cm³/mol. The summed E-state index contributed by atoms with van der Waals surface area (Å²) in [6.07, 6.45) is 0. The zero-order chi connectivity index (χ0) is 16.9. The molecule has 5 nitrogen and oxygen atoms in total. The van der Waals surface area contributed by atoms with Gasteiger partial charge in [-0.05, 0) is 36.4 Å². The number of carbonyl (C=O) groups is 1. The van der Waals surface area contributed by atoms with Crippen LogP contribution in [-0.2, 0) is 4.79 Å². The predicted octanol–water partition coefficient (Wildman–Crippen LogP) is 2.74. The van der Waals surface area contributed by atoms with Crippen LogP contribution in [0.3, 0.4) is 0 Å². The number of amides is 1. The lowest BCUT2D eigenvalue weighted by Crippen LogP contribution is -2.49. The van der Waals surface area contributed by atoms with E-state index < -0.39 is 5.95 Å². The van der Waals surface area contributed by atoms with Crippen molar-refractivity contribution >= 4 is 33.3 Å². The monoisotopic (exact) mass is 392 g/mol. The van der Waals surface area contributed by atoms with Gasteiger partial charge in [-0.1, -0.05) is 22.0 Å². The van der Waals surface area contributed by atoms with Crippen LogP contribution in [0.15, 0.2) is 46.9 Å². The van der Waals surface area contributed by atoms with Crippen LogP contribution < -0.4 is 10.2 Å². The number of pyridine rings is 1. The standard InChI is InChI=1S/C17H18BrFN4O/c18-13-4-6-14(7-5-13)20-17(24)12-22-8-10-23(11-9-22)16-3-1-2-15(19)21-16/h1-7H,8-12H2,(H,20,24). The maximum atomic E-state index is 13.2. The van der Waals surface area contributed by atoms with E-state index in [1.54, 1.807) is 12.1 Å². The van der Waals surface area contributed by atoms with E-state index in [9.17, 15) is 9.18 Å². The van der Waals surface area contributed by atoms with E-state index in [1.807, 2.05) is 29.2 Å². The van der Waals surface area contributed by atoms with Gasteiger partial charge in [-0.2, -0.15) is 4.39 Å². The molecule has 2 heterocycles. The van der Waals surface area contributed by atoms with Crippen LogP contribution in [0.5, 0.6) is 0 Å². The van der Waals surface area contributed by atoms with Crippen molar-refractivity contribution in [3.8, 4) is 0 Å². The Hall–Kier alpha value is -1.99. The fraction of sp³-hybridized carbons (Fsp3) is 0.294. The summed E-state index contributed by atoms with van der Waals surface area (Å²) < 4.78 is 14.2. The fourth-order valence-electron chi connectivity index (χ4n) is 2.65. The van der Waals surface area contributed by atoms with Gasteiger partial charge in [-0.3, -0.25) is 9.69 Å². The summed E-state index contributed by atoms with van der Waals surface area (Å²) in [4.78, 5) is 20.1. The maximum absolute atomic E-state index is 13.2. The Bertz CT molecular complexity index is 702. The highest BCUT2D eigenvalue weighted by Crippen LogP contribution is 2.15. The summed E-state index contributed by atoms with van der Waals surface area (Å²) in [5.41, 5.74) is 0.783. The summed E-state index contributed by atoms with van der Waals surface area (Å²) in [5, 5.41) is 2.89. The highest BCUT2D eigenvalue weighted by molar-refractivity contribution is 9.10. The Kier molecular flexibility index (Phi) is 5.42. The number of rotatable bonds is 4. The van der Waals surface area contributed by atoms with Crippen LogP contribution in [0.25, 0.3) is 0 Å². The Labute approximate surface area is 148 Å². The molecule has 3 rings (SSSR count). The molecule has 0 radical (unpaired) electrons. The molecule has 1 amide bonds. The first-order valence-corrected chi connectivity index (χ1v) is 8.55. The smallest absolute Gasteiger partial charge is 0.238 e. The Morgan fingerprint density at radius 2 is 1.83 bits per heavy atom. The van der Waals surface area contributed by atoms with Gasteiger partial charge in [0.1, 0.15) is 5.82 Å². The molecule has 0 spiro atoms. The molecule has 24 heavy (non-hydrogen) atoms. The molecule has 1 aliphatic heterocycles. The third-order valence-corrected chi connectivity index (χ3v) is 4.42. The molecule has 0 atom stereocenters. The van der Waals surface area contributed by atoms with Crippen LogP contribution in [0, 0.1) is 5.95 Å². The first-order chi connectivity index (χ1) is 11.6. The van der Waals surface area contributed by atoms with E-state index in [0.717, 1.165) is 36.3 Å². The van der Waals surface area contributed by atoms with Gasteiger partial charge in [0.25, 0.3) is 0 Å². The molecule has 1 aromatic heterocycles. The molecule has 0 bridgehead atoms. The number of benzene rings is 1. The van der Waals surface area contributed by atoms with Crippen molar-refractivity contribution in [3.05, 3.63) is 52.9 Å². The van der Waals surface area contributed by atoms with E-state index in [2.05, 4.69) is 31.1 Å². The number of halogens is 2. The second kappa shape index (κ2) is 7.72. The topological polar surface area (TPSA) is 48.5 Å². The molecule has 1 saturated heterocycles. The molecule has 0 saturated carbocycles. The lowest BCUT2D eigenvalue weighted by Gasteiger charge is -2.34. The van der Waals surface area contributed by atoms with Gasteiger partial charge in [0.05, 0.1) is 6.54 Å². The number of nitrogens with one attached hydrogen (secondary N) is 1. The van der Waals surface area contributed by atoms with E-state index in [-0.39, 0.29) is 5.91 Å². The minimum Gasteiger partial charge on any atom is -0.354 e. The van der Waals surface area contributed by atoms with Crippen molar-refractivity contribution in [2.75, 3.05) is 42.9 Å². The van der Waals surface area contributed by atoms with Gasteiger partial charge in [-0.15, -0.1) is 0 Å². The van der Waals surface area contributed by atoms with E-state index in [0.29, 0.717) is 12.4 Å². The summed E-state index contributed by atoms with van der Waals surface area (Å²) in [6.45, 7) is 3.28. The second-order valence-electron chi connectivity index (χ2n) is 5.64. The molecule has 1 fully saturated rings. The highest BCUT2D eigenvalue weighted by atomic mass is 79.9. The zero-order valence-corrected chi connectivity index (χ0v) is 14.7. The number of anilines is 2. The van der Waals surface area contributed by atoms with Crippen molar-refractivity contribution in [2.45, 2.75) is 0 Å². The molecule has 0 aliphatic carbocycles. The average molecular weight is 393 g/mol. The first-order valence-electron chi connectivity index (χ1n) is 7.75. The molecular formula is C17H18BrFN4O. The molecule has 0 unspecified atom stereocenters. The summed E-state index contributed by atoms with van der Waals surface area (Å²) >= 11 is 3.37. The summed E-state index contributed by atoms with van der Waals surface area (Å²) in [5.74, 6) is 0.146. The molecular weight excluding hydrogens is 375 g/mol. The zero-order valence-electron chi connectivity index (χ0n) is 13.1. The molecule has 1 N–H and O–H groups in total. The largest absolute Gasteiger partial charge is 0.354 e. The molecule has 7 heteroatoms. The second-order valence-corrected chi connectivity index (χ2v) is 6.55. The van der Waals surface area contributed by atoms with Crippen molar-refractivity contribution in [1.82, 2.24) is 9.88 Å². The third-order valence-electron chi connectivity index (χ3n) is 3.89. The van der Waals surface area contributed by atoms with Crippen LogP contribution in [0.2, 0.25) is 0 Å². The van der Waals surface area contributed by atoms with Gasteiger partial charge < -0.3 is 10.2 Å². The van der Waals surface area contributed by atoms with Crippen LogP contribution in [-0.4, -0.2) is 48.5 Å². The average Bonchev–Trinajstić information content (AvgIpc) is 2.58. The number of hydrogen-bond acceptors (Lipinski definition) is 4. The summed E-state index contributed by atoms with van der Waals surface area (Å²) in [7, 11) is 0. The van der Waals surface area contributed by atoms with Crippen LogP contribution in [0.1, 0.15) is 0 Å². The molecule has 2 aromatic rings. The lowest BCUT2D eigenvalue weighted by molar-refractivity contribution is -0.117. The normalized spacial score (nSPS) is 15.3. The minimum absolute atomic E-state index is 0.0327. The van der Waals surface area contributed by atoms with Crippen molar-refractivity contribution in [2.24, 2.45) is 0 Å². The number of aromatic nitrogens is 1. The van der Waals surface area contributed by atoms with Crippen LogP contribution >= 0.6 is 15.9 Å². The van der Waals surface area contributed by atoms with E-state index >= 15 is 0 Å². The lowest BCUT2D eigenvalue weighted by atomic mass is 10.3. The summed E-state index contributed by atoms with van der Waals surface area (Å²) in [6, 6.07) is 12.3. The fourth-order valence-corrected chi connectivity index (χ4v) is 2.91. The van der Waals surface area contributed by atoms with Gasteiger partial charge in [0.2, 0.25) is 11.9 Å². The number of piperazine rings is 1. The van der Waals surface area contributed by atoms with Crippen molar-refractivity contribution in [3.63, 3.8) is 0 Å². The van der Waals surface area contributed by atoms with Gasteiger partial charge >= 0.3 is 0 Å². The third kappa shape index (κ3) is 4.52. The van der Waals surface area contributed by atoms with Gasteiger partial charge in [0, 0.05) is 36.3 Å². The van der Waals surface area contributed by atoms with Crippen LogP contribution in [0.4, 0.5) is 15.9 Å². The Morgan fingerprint density at radius 1 is 1.12 bits per heavy atom. The molecule has 1 aromatic carbocycles. The number of carbonyl (C=O) groups excluding carboxylic acids is 1. The van der Waals surface area contributed by atoms with Crippen molar-refractivity contribution < 1.29 is 9.18 Å². The number of hydrogen-bond donors (Lipinski definition) is 1. The molecule has 1 aliphatic rings.